The number of carbonyl (C=O) groups excluding carboxylic acids is 1. The summed E-state index contributed by atoms with van der Waals surface area (Å²) in [6.45, 7) is -0.0566. The number of halogens is 1. The largest absolute Gasteiger partial charge is 0.466 e. The van der Waals surface area contributed by atoms with E-state index in [2.05, 4.69) is 5.10 Å². The highest BCUT2D eigenvalue weighted by molar-refractivity contribution is 6.33. The number of hydrogen-bond donors (Lipinski definition) is 0. The van der Waals surface area contributed by atoms with Crippen molar-refractivity contribution in [1.29, 1.82) is 0 Å². The SMILES string of the molecule is O=C1COC(c2ccccc2)=NN1c1ccccc1Cl. The lowest BCUT2D eigenvalue weighted by Gasteiger charge is -2.24. The van der Waals surface area contributed by atoms with Crippen LogP contribution in [0.25, 0.3) is 0 Å². The summed E-state index contributed by atoms with van der Waals surface area (Å²) < 4.78 is 5.38. The van der Waals surface area contributed by atoms with Crippen molar-refractivity contribution in [2.24, 2.45) is 5.10 Å². The monoisotopic (exact) mass is 286 g/mol. The first-order chi connectivity index (χ1) is 9.75. The maximum Gasteiger partial charge on any atom is 0.285 e. The van der Waals surface area contributed by atoms with Crippen molar-refractivity contribution in [2.75, 3.05) is 11.6 Å². The third-order valence-electron chi connectivity index (χ3n) is 2.86. The normalized spacial score (nSPS) is 14.8. The zero-order valence-corrected chi connectivity index (χ0v) is 11.2. The zero-order valence-electron chi connectivity index (χ0n) is 10.5. The lowest BCUT2D eigenvalue weighted by atomic mass is 10.2. The van der Waals surface area contributed by atoms with Crippen LogP contribution in [-0.4, -0.2) is 18.4 Å². The fourth-order valence-corrected chi connectivity index (χ4v) is 2.12. The Labute approximate surface area is 121 Å². The second kappa shape index (κ2) is 5.35. The van der Waals surface area contributed by atoms with Gasteiger partial charge in [0.25, 0.3) is 5.91 Å². The third-order valence-corrected chi connectivity index (χ3v) is 3.18. The van der Waals surface area contributed by atoms with E-state index in [-0.39, 0.29) is 12.5 Å². The molecule has 1 aliphatic rings. The van der Waals surface area contributed by atoms with E-state index < -0.39 is 0 Å². The molecule has 0 bridgehead atoms. The van der Waals surface area contributed by atoms with Gasteiger partial charge in [-0.15, -0.1) is 5.10 Å². The second-order valence-electron chi connectivity index (χ2n) is 4.22. The van der Waals surface area contributed by atoms with Crippen molar-refractivity contribution < 1.29 is 9.53 Å². The Hall–Kier alpha value is -2.33. The van der Waals surface area contributed by atoms with Gasteiger partial charge in [0, 0.05) is 5.56 Å². The quantitative estimate of drug-likeness (QED) is 0.851. The number of nitrogens with zero attached hydrogens (tertiary/aromatic N) is 2. The number of hydrazone groups is 1. The van der Waals surface area contributed by atoms with Crippen molar-refractivity contribution in [2.45, 2.75) is 0 Å². The Morgan fingerprint density at radius 2 is 1.75 bits per heavy atom. The van der Waals surface area contributed by atoms with Gasteiger partial charge in [-0.2, -0.15) is 5.01 Å². The van der Waals surface area contributed by atoms with E-state index in [9.17, 15) is 4.79 Å². The molecular weight excluding hydrogens is 276 g/mol. The first-order valence-electron chi connectivity index (χ1n) is 6.10. The number of carbonyl (C=O) groups is 1. The second-order valence-corrected chi connectivity index (χ2v) is 4.62. The molecule has 2 aromatic carbocycles. The molecule has 0 aromatic heterocycles. The predicted octanol–water partition coefficient (Wildman–Crippen LogP) is 3.07. The molecule has 0 spiro atoms. The number of amides is 1. The van der Waals surface area contributed by atoms with Gasteiger partial charge < -0.3 is 4.74 Å². The molecule has 1 amide bonds. The van der Waals surface area contributed by atoms with Crippen LogP contribution in [0.4, 0.5) is 5.69 Å². The minimum absolute atomic E-state index is 0.0566. The molecule has 0 saturated heterocycles. The third kappa shape index (κ3) is 2.38. The number of ether oxygens (including phenoxy) is 1. The molecule has 1 heterocycles. The molecule has 0 fully saturated rings. The van der Waals surface area contributed by atoms with Crippen molar-refractivity contribution in [3.63, 3.8) is 0 Å². The Morgan fingerprint density at radius 3 is 2.50 bits per heavy atom. The van der Waals surface area contributed by atoms with Crippen molar-refractivity contribution >= 4 is 29.1 Å². The Kier molecular flexibility index (Phi) is 3.39. The first-order valence-corrected chi connectivity index (χ1v) is 6.48. The molecule has 20 heavy (non-hydrogen) atoms. The lowest BCUT2D eigenvalue weighted by molar-refractivity contribution is -0.121. The molecule has 0 aliphatic carbocycles. The van der Waals surface area contributed by atoms with Crippen LogP contribution in [0.5, 0.6) is 0 Å². The van der Waals surface area contributed by atoms with E-state index in [0.717, 1.165) is 5.56 Å². The Balaban J connectivity index is 2.02. The van der Waals surface area contributed by atoms with Gasteiger partial charge in [-0.25, -0.2) is 0 Å². The summed E-state index contributed by atoms with van der Waals surface area (Å²) >= 11 is 6.11. The summed E-state index contributed by atoms with van der Waals surface area (Å²) in [5.41, 5.74) is 1.37. The van der Waals surface area contributed by atoms with E-state index in [1.54, 1.807) is 18.2 Å². The molecule has 0 unspecified atom stereocenters. The summed E-state index contributed by atoms with van der Waals surface area (Å²) in [6.07, 6.45) is 0. The Bertz CT molecular complexity index is 671. The van der Waals surface area contributed by atoms with Crippen LogP contribution in [0.1, 0.15) is 5.56 Å². The lowest BCUT2D eigenvalue weighted by Crippen LogP contribution is -2.37. The van der Waals surface area contributed by atoms with Crippen LogP contribution in [-0.2, 0) is 9.53 Å². The fourth-order valence-electron chi connectivity index (χ4n) is 1.90. The predicted molar refractivity (Wildman–Crippen MR) is 77.9 cm³/mol. The average Bonchev–Trinajstić information content (AvgIpc) is 2.49. The maximum atomic E-state index is 12.0. The van der Waals surface area contributed by atoms with Crippen LogP contribution in [0.3, 0.4) is 0 Å². The molecule has 4 nitrogen and oxygen atoms in total. The molecule has 1 aliphatic heterocycles. The zero-order chi connectivity index (χ0) is 13.9. The topological polar surface area (TPSA) is 41.9 Å². The minimum Gasteiger partial charge on any atom is -0.466 e. The van der Waals surface area contributed by atoms with Crippen LogP contribution in [0.15, 0.2) is 59.7 Å². The smallest absolute Gasteiger partial charge is 0.285 e. The molecule has 3 rings (SSSR count). The van der Waals surface area contributed by atoms with Crippen molar-refractivity contribution in [3.8, 4) is 0 Å². The number of benzene rings is 2. The van der Waals surface area contributed by atoms with Crippen LogP contribution >= 0.6 is 11.6 Å². The van der Waals surface area contributed by atoms with Crippen molar-refractivity contribution in [1.82, 2.24) is 0 Å². The molecule has 2 aromatic rings. The van der Waals surface area contributed by atoms with Gasteiger partial charge in [0.1, 0.15) is 0 Å². The number of rotatable bonds is 2. The summed E-state index contributed by atoms with van der Waals surface area (Å²) in [5, 5.41) is 6.02. The molecule has 0 saturated carbocycles. The summed E-state index contributed by atoms with van der Waals surface area (Å²) in [4.78, 5) is 12.0. The highest BCUT2D eigenvalue weighted by atomic mass is 35.5. The van der Waals surface area contributed by atoms with Crippen LogP contribution in [0.2, 0.25) is 5.02 Å². The van der Waals surface area contributed by atoms with Gasteiger partial charge in [0.2, 0.25) is 5.90 Å². The van der Waals surface area contributed by atoms with E-state index >= 15 is 0 Å². The minimum atomic E-state index is -0.252. The van der Waals surface area contributed by atoms with E-state index in [0.29, 0.717) is 16.6 Å². The van der Waals surface area contributed by atoms with Gasteiger partial charge in [-0.1, -0.05) is 41.9 Å². The van der Waals surface area contributed by atoms with Gasteiger partial charge >= 0.3 is 0 Å². The molecule has 5 heteroatoms. The molecule has 0 atom stereocenters. The standard InChI is InChI=1S/C15H11ClN2O2/c16-12-8-4-5-9-13(12)18-14(19)10-20-15(17-18)11-6-2-1-3-7-11/h1-9H,10H2. The summed E-state index contributed by atoms with van der Waals surface area (Å²) in [5.74, 6) is 0.155. The molecular formula is C15H11ClN2O2. The van der Waals surface area contributed by atoms with Crippen LogP contribution in [0, 0.1) is 0 Å². The fraction of sp³-hybridized carbons (Fsp3) is 0.0667. The molecule has 0 radical (unpaired) electrons. The van der Waals surface area contributed by atoms with Gasteiger partial charge in [-0.3, -0.25) is 4.79 Å². The van der Waals surface area contributed by atoms with Crippen molar-refractivity contribution in [3.05, 3.63) is 65.2 Å². The Morgan fingerprint density at radius 1 is 1.05 bits per heavy atom. The summed E-state index contributed by atoms with van der Waals surface area (Å²) in [7, 11) is 0. The van der Waals surface area contributed by atoms with Gasteiger partial charge in [-0.05, 0) is 24.3 Å². The molecule has 0 N–H and O–H groups in total. The number of para-hydroxylation sites is 1. The van der Waals surface area contributed by atoms with E-state index in [4.69, 9.17) is 16.3 Å². The average molecular weight is 287 g/mol. The molecule has 100 valence electrons. The van der Waals surface area contributed by atoms with Gasteiger partial charge in [0.15, 0.2) is 6.61 Å². The maximum absolute atomic E-state index is 12.0. The van der Waals surface area contributed by atoms with E-state index in [1.807, 2.05) is 36.4 Å². The van der Waals surface area contributed by atoms with E-state index in [1.165, 1.54) is 5.01 Å². The highest BCUT2D eigenvalue weighted by Gasteiger charge is 2.25. The van der Waals surface area contributed by atoms with Crippen LogP contribution < -0.4 is 5.01 Å². The first kappa shape index (κ1) is 12.7. The summed E-state index contributed by atoms with van der Waals surface area (Å²) in [6, 6.07) is 16.5. The number of anilines is 1. The number of hydrogen-bond acceptors (Lipinski definition) is 3. The van der Waals surface area contributed by atoms with Gasteiger partial charge in [0.05, 0.1) is 10.7 Å². The highest BCUT2D eigenvalue weighted by Crippen LogP contribution is 2.27.